The highest BCUT2D eigenvalue weighted by atomic mass is 32.1. The fraction of sp³-hybridized carbons (Fsp3) is 0.333. The van der Waals surface area contributed by atoms with Gasteiger partial charge < -0.3 is 10.4 Å². The molecule has 0 spiro atoms. The van der Waals surface area contributed by atoms with E-state index in [1.54, 1.807) is 0 Å². The molecule has 2 aromatic heterocycles. The minimum Gasteiger partial charge on any atom is -0.392 e. The Balaban J connectivity index is 1.80. The van der Waals surface area contributed by atoms with E-state index < -0.39 is 0 Å². The SMILES string of the molecule is CC(C)c1nn(C)c2sc(C(=O)NCc3ccccc3CO)cc12. The predicted octanol–water partition coefficient (Wildman–Crippen LogP) is 3.18. The van der Waals surface area contributed by atoms with Crippen LogP contribution in [0.1, 0.15) is 46.3 Å². The maximum Gasteiger partial charge on any atom is 0.261 e. The number of nitrogens with zero attached hydrogens (tertiary/aromatic N) is 2. The lowest BCUT2D eigenvalue weighted by molar-refractivity contribution is 0.0954. The molecule has 2 N–H and O–H groups in total. The predicted molar refractivity (Wildman–Crippen MR) is 96.2 cm³/mol. The zero-order chi connectivity index (χ0) is 17.3. The van der Waals surface area contributed by atoms with E-state index in [-0.39, 0.29) is 12.5 Å². The number of benzene rings is 1. The molecule has 0 aliphatic rings. The number of hydrogen-bond donors (Lipinski definition) is 2. The normalized spacial score (nSPS) is 11.4. The number of nitrogens with one attached hydrogen (secondary N) is 1. The van der Waals surface area contributed by atoms with Gasteiger partial charge in [0.25, 0.3) is 5.91 Å². The Bertz CT molecular complexity index is 880. The fourth-order valence-corrected chi connectivity index (χ4v) is 3.75. The van der Waals surface area contributed by atoms with Crippen LogP contribution >= 0.6 is 11.3 Å². The van der Waals surface area contributed by atoms with Crippen LogP contribution < -0.4 is 5.32 Å². The number of aromatic nitrogens is 2. The van der Waals surface area contributed by atoms with Gasteiger partial charge in [-0.15, -0.1) is 11.3 Å². The van der Waals surface area contributed by atoms with Crippen LogP contribution in [-0.2, 0) is 20.2 Å². The van der Waals surface area contributed by atoms with Gasteiger partial charge in [0.2, 0.25) is 0 Å². The van der Waals surface area contributed by atoms with Crippen molar-refractivity contribution in [2.45, 2.75) is 32.9 Å². The van der Waals surface area contributed by atoms with Gasteiger partial charge in [-0.1, -0.05) is 38.1 Å². The van der Waals surface area contributed by atoms with Crippen LogP contribution in [0.3, 0.4) is 0 Å². The average Bonchev–Trinajstić information content (AvgIpc) is 3.13. The van der Waals surface area contributed by atoms with Crippen LogP contribution in [0.2, 0.25) is 0 Å². The summed E-state index contributed by atoms with van der Waals surface area (Å²) in [5.74, 6) is 0.217. The monoisotopic (exact) mass is 343 g/mol. The van der Waals surface area contributed by atoms with Gasteiger partial charge >= 0.3 is 0 Å². The first-order chi connectivity index (χ1) is 11.5. The summed E-state index contributed by atoms with van der Waals surface area (Å²) >= 11 is 1.45. The Morgan fingerprint density at radius 2 is 2.04 bits per heavy atom. The van der Waals surface area contributed by atoms with Crippen molar-refractivity contribution in [3.8, 4) is 0 Å². The van der Waals surface area contributed by atoms with Crippen molar-refractivity contribution >= 4 is 27.5 Å². The van der Waals surface area contributed by atoms with Gasteiger partial charge in [-0.25, -0.2) is 0 Å². The summed E-state index contributed by atoms with van der Waals surface area (Å²) in [4.78, 5) is 14.2. The molecular formula is C18H21N3O2S. The third-order valence-corrected chi connectivity index (χ3v) is 5.24. The number of aryl methyl sites for hydroxylation is 1. The van der Waals surface area contributed by atoms with Gasteiger partial charge in [0.1, 0.15) is 4.83 Å². The van der Waals surface area contributed by atoms with Gasteiger partial charge in [-0.3, -0.25) is 9.48 Å². The molecule has 2 heterocycles. The number of thiophene rings is 1. The molecule has 0 saturated carbocycles. The molecule has 0 radical (unpaired) electrons. The molecule has 0 saturated heterocycles. The number of aliphatic hydroxyl groups is 1. The molecule has 1 aromatic carbocycles. The Hall–Kier alpha value is -2.18. The summed E-state index contributed by atoms with van der Waals surface area (Å²) in [6, 6.07) is 9.48. The largest absolute Gasteiger partial charge is 0.392 e. The molecule has 24 heavy (non-hydrogen) atoms. The standard InChI is InChI=1S/C18H21N3O2S/c1-11(2)16-14-8-15(24-18(14)21(3)20-16)17(23)19-9-12-6-4-5-7-13(12)10-22/h4-8,11,22H,9-10H2,1-3H3,(H,19,23). The number of rotatable bonds is 5. The zero-order valence-electron chi connectivity index (χ0n) is 14.0. The molecule has 3 rings (SSSR count). The molecule has 0 aliphatic heterocycles. The minimum atomic E-state index is -0.0985. The van der Waals surface area contributed by atoms with Crippen LogP contribution in [0.5, 0.6) is 0 Å². The van der Waals surface area contributed by atoms with Crippen molar-refractivity contribution in [3.63, 3.8) is 0 Å². The molecular weight excluding hydrogens is 322 g/mol. The van der Waals surface area contributed by atoms with E-state index in [1.165, 1.54) is 11.3 Å². The maximum absolute atomic E-state index is 12.5. The second-order valence-corrected chi connectivity index (χ2v) is 7.13. The van der Waals surface area contributed by atoms with E-state index in [9.17, 15) is 9.90 Å². The lowest BCUT2D eigenvalue weighted by atomic mass is 10.1. The molecule has 5 nitrogen and oxygen atoms in total. The van der Waals surface area contributed by atoms with Crippen molar-refractivity contribution < 1.29 is 9.90 Å². The lowest BCUT2D eigenvalue weighted by Gasteiger charge is -2.08. The number of fused-ring (bicyclic) bond motifs is 1. The topological polar surface area (TPSA) is 67.2 Å². The molecule has 6 heteroatoms. The van der Waals surface area contributed by atoms with Crippen molar-refractivity contribution in [1.29, 1.82) is 0 Å². The summed E-state index contributed by atoms with van der Waals surface area (Å²) in [5.41, 5.74) is 2.79. The molecule has 0 fully saturated rings. The Labute approximate surface area is 144 Å². The lowest BCUT2D eigenvalue weighted by Crippen LogP contribution is -2.22. The number of hydrogen-bond acceptors (Lipinski definition) is 4. The quantitative estimate of drug-likeness (QED) is 0.748. The van der Waals surface area contributed by atoms with Crippen molar-refractivity contribution in [2.24, 2.45) is 7.05 Å². The zero-order valence-corrected chi connectivity index (χ0v) is 14.9. The van der Waals surface area contributed by atoms with Crippen molar-refractivity contribution in [3.05, 3.63) is 52.0 Å². The minimum absolute atomic E-state index is 0.0294. The summed E-state index contributed by atoms with van der Waals surface area (Å²) in [5, 5.41) is 17.9. The highest BCUT2D eigenvalue weighted by molar-refractivity contribution is 7.20. The first kappa shape index (κ1) is 16.7. The second kappa shape index (κ2) is 6.75. The van der Waals surface area contributed by atoms with Gasteiger partial charge in [0.15, 0.2) is 0 Å². The molecule has 0 aliphatic carbocycles. The number of carbonyl (C=O) groups is 1. The highest BCUT2D eigenvalue weighted by Gasteiger charge is 2.18. The van der Waals surface area contributed by atoms with Crippen LogP contribution in [0.4, 0.5) is 0 Å². The molecule has 0 unspecified atom stereocenters. The van der Waals surface area contributed by atoms with Crippen LogP contribution in [0, 0.1) is 0 Å². The van der Waals surface area contributed by atoms with Crippen molar-refractivity contribution in [2.75, 3.05) is 0 Å². The molecule has 0 atom stereocenters. The Kier molecular flexibility index (Phi) is 4.69. The number of carbonyl (C=O) groups excluding carboxylic acids is 1. The summed E-state index contributed by atoms with van der Waals surface area (Å²) in [6.07, 6.45) is 0. The Morgan fingerprint density at radius 1 is 1.33 bits per heavy atom. The summed E-state index contributed by atoms with van der Waals surface area (Å²) < 4.78 is 1.84. The van der Waals surface area contributed by atoms with Crippen LogP contribution in [0.25, 0.3) is 10.2 Å². The Morgan fingerprint density at radius 3 is 2.71 bits per heavy atom. The van der Waals surface area contributed by atoms with Gasteiger partial charge in [-0.2, -0.15) is 5.10 Å². The van der Waals surface area contributed by atoms with E-state index in [4.69, 9.17) is 0 Å². The average molecular weight is 343 g/mol. The second-order valence-electron chi connectivity index (χ2n) is 6.10. The van der Waals surface area contributed by atoms with Gasteiger partial charge in [0.05, 0.1) is 17.2 Å². The molecule has 1 amide bonds. The molecule has 126 valence electrons. The van der Waals surface area contributed by atoms with Crippen molar-refractivity contribution in [1.82, 2.24) is 15.1 Å². The summed E-state index contributed by atoms with van der Waals surface area (Å²) in [6.45, 7) is 4.58. The fourth-order valence-electron chi connectivity index (χ4n) is 2.75. The van der Waals surface area contributed by atoms with Gasteiger partial charge in [0, 0.05) is 19.0 Å². The van der Waals surface area contributed by atoms with E-state index >= 15 is 0 Å². The third kappa shape index (κ3) is 3.07. The van der Waals surface area contributed by atoms with Crippen LogP contribution in [0.15, 0.2) is 30.3 Å². The summed E-state index contributed by atoms with van der Waals surface area (Å²) in [7, 11) is 1.91. The smallest absolute Gasteiger partial charge is 0.261 e. The molecule has 3 aromatic rings. The van der Waals surface area contributed by atoms with Crippen LogP contribution in [-0.4, -0.2) is 20.8 Å². The van der Waals surface area contributed by atoms with E-state index in [2.05, 4.69) is 24.3 Å². The number of amides is 1. The van der Waals surface area contributed by atoms with E-state index in [0.717, 1.165) is 27.0 Å². The van der Waals surface area contributed by atoms with Gasteiger partial charge in [-0.05, 0) is 23.1 Å². The maximum atomic E-state index is 12.5. The highest BCUT2D eigenvalue weighted by Crippen LogP contribution is 2.31. The van der Waals surface area contributed by atoms with E-state index in [1.807, 2.05) is 42.1 Å². The molecule has 0 bridgehead atoms. The van der Waals surface area contributed by atoms with E-state index in [0.29, 0.717) is 17.3 Å². The first-order valence-corrected chi connectivity index (χ1v) is 8.75. The number of aliphatic hydroxyl groups excluding tert-OH is 1. The first-order valence-electron chi connectivity index (χ1n) is 7.93. The third-order valence-electron chi connectivity index (χ3n) is 4.04.